The number of benzene rings is 1. The number of ether oxygens (including phenoxy) is 2. The summed E-state index contributed by atoms with van der Waals surface area (Å²) in [5.74, 6) is 0.860. The number of carbonyl (C=O) groups excluding carboxylic acids is 1. The second kappa shape index (κ2) is 8.53. The van der Waals surface area contributed by atoms with Crippen molar-refractivity contribution < 1.29 is 14.3 Å². The quantitative estimate of drug-likeness (QED) is 0.733. The molecule has 4 nitrogen and oxygen atoms in total. The van der Waals surface area contributed by atoms with Crippen molar-refractivity contribution in [1.82, 2.24) is 5.32 Å². The fourth-order valence-corrected chi connectivity index (χ4v) is 1.75. The maximum atomic E-state index is 11.5. The molecule has 4 heteroatoms. The minimum absolute atomic E-state index is 0.0147. The molecule has 0 unspecified atom stereocenters. The van der Waals surface area contributed by atoms with Crippen molar-refractivity contribution in [1.29, 1.82) is 0 Å². The molecule has 0 fully saturated rings. The molecule has 1 rings (SSSR count). The van der Waals surface area contributed by atoms with Crippen LogP contribution < -0.4 is 10.1 Å². The largest absolute Gasteiger partial charge is 0.493 e. The van der Waals surface area contributed by atoms with E-state index < -0.39 is 0 Å². The fraction of sp³-hybridized carbons (Fsp3) is 0.533. The highest BCUT2D eigenvalue weighted by Gasteiger charge is 2.03. The van der Waals surface area contributed by atoms with Crippen LogP contribution in [0.1, 0.15) is 24.0 Å². The average molecular weight is 265 g/mol. The van der Waals surface area contributed by atoms with E-state index in [-0.39, 0.29) is 5.91 Å². The van der Waals surface area contributed by atoms with Gasteiger partial charge in [0, 0.05) is 20.3 Å². The number of aryl methyl sites for hydroxylation is 2. The summed E-state index contributed by atoms with van der Waals surface area (Å²) in [6.07, 6.45) is 1.21. The minimum Gasteiger partial charge on any atom is -0.493 e. The van der Waals surface area contributed by atoms with E-state index in [1.165, 1.54) is 5.56 Å². The summed E-state index contributed by atoms with van der Waals surface area (Å²) in [4.78, 5) is 11.5. The molecule has 0 aliphatic rings. The molecular weight excluding hydrogens is 242 g/mol. The lowest BCUT2D eigenvalue weighted by Crippen LogP contribution is -2.26. The van der Waals surface area contributed by atoms with Crippen LogP contribution in [0.2, 0.25) is 0 Å². The molecule has 1 N–H and O–H groups in total. The van der Waals surface area contributed by atoms with Crippen molar-refractivity contribution in [2.45, 2.75) is 26.7 Å². The van der Waals surface area contributed by atoms with Gasteiger partial charge < -0.3 is 14.8 Å². The van der Waals surface area contributed by atoms with Gasteiger partial charge in [0.25, 0.3) is 0 Å². The number of hydrogen-bond acceptors (Lipinski definition) is 3. The fourth-order valence-electron chi connectivity index (χ4n) is 1.75. The van der Waals surface area contributed by atoms with Crippen LogP contribution in [0, 0.1) is 13.8 Å². The lowest BCUT2D eigenvalue weighted by Gasteiger charge is -2.10. The Morgan fingerprint density at radius 3 is 2.74 bits per heavy atom. The molecule has 1 aromatic carbocycles. The molecular formula is C15H23NO3. The molecule has 1 aromatic rings. The molecule has 0 heterocycles. The predicted octanol–water partition coefficient (Wildman–Crippen LogP) is 2.23. The first kappa shape index (κ1) is 15.5. The predicted molar refractivity (Wildman–Crippen MR) is 75.5 cm³/mol. The van der Waals surface area contributed by atoms with Crippen molar-refractivity contribution >= 4 is 5.91 Å². The first-order valence-corrected chi connectivity index (χ1v) is 6.59. The van der Waals surface area contributed by atoms with Crippen LogP contribution in [-0.4, -0.2) is 32.8 Å². The Morgan fingerprint density at radius 1 is 1.26 bits per heavy atom. The van der Waals surface area contributed by atoms with Crippen molar-refractivity contribution in [3.05, 3.63) is 29.3 Å². The third kappa shape index (κ3) is 6.25. The minimum atomic E-state index is 0.0147. The summed E-state index contributed by atoms with van der Waals surface area (Å²) < 4.78 is 10.5. The highest BCUT2D eigenvalue weighted by atomic mass is 16.5. The Hall–Kier alpha value is -1.55. The van der Waals surface area contributed by atoms with Crippen LogP contribution in [0.5, 0.6) is 5.75 Å². The Labute approximate surface area is 115 Å². The highest BCUT2D eigenvalue weighted by molar-refractivity contribution is 5.75. The van der Waals surface area contributed by atoms with Gasteiger partial charge in [0.1, 0.15) is 5.75 Å². The molecule has 1 amide bonds. The van der Waals surface area contributed by atoms with Gasteiger partial charge in [-0.1, -0.05) is 17.7 Å². The van der Waals surface area contributed by atoms with E-state index in [1.54, 1.807) is 7.11 Å². The zero-order chi connectivity index (χ0) is 14.1. The first-order valence-electron chi connectivity index (χ1n) is 6.59. The van der Waals surface area contributed by atoms with E-state index in [0.29, 0.717) is 26.2 Å². The van der Waals surface area contributed by atoms with E-state index in [4.69, 9.17) is 9.47 Å². The van der Waals surface area contributed by atoms with Gasteiger partial charge in [-0.05, 0) is 31.9 Å². The lowest BCUT2D eigenvalue weighted by atomic mass is 10.1. The zero-order valence-corrected chi connectivity index (χ0v) is 12.0. The van der Waals surface area contributed by atoms with E-state index >= 15 is 0 Å². The smallest absolute Gasteiger partial charge is 0.223 e. The molecule has 0 saturated carbocycles. The van der Waals surface area contributed by atoms with Gasteiger partial charge in [0.15, 0.2) is 0 Å². The van der Waals surface area contributed by atoms with E-state index in [9.17, 15) is 4.79 Å². The number of carbonyl (C=O) groups is 1. The van der Waals surface area contributed by atoms with Gasteiger partial charge in [-0.15, -0.1) is 0 Å². The molecule has 0 aliphatic carbocycles. The van der Waals surface area contributed by atoms with Gasteiger partial charge >= 0.3 is 0 Å². The molecule has 0 atom stereocenters. The molecule has 0 bridgehead atoms. The molecule has 106 valence electrons. The summed E-state index contributed by atoms with van der Waals surface area (Å²) in [5.41, 5.74) is 2.31. The van der Waals surface area contributed by atoms with Crippen LogP contribution >= 0.6 is 0 Å². The van der Waals surface area contributed by atoms with Crippen LogP contribution in [0.4, 0.5) is 0 Å². The number of rotatable bonds is 8. The number of nitrogens with one attached hydrogen (secondary N) is 1. The maximum Gasteiger partial charge on any atom is 0.223 e. The van der Waals surface area contributed by atoms with Crippen LogP contribution in [0.3, 0.4) is 0 Å². The van der Waals surface area contributed by atoms with E-state index in [0.717, 1.165) is 17.7 Å². The molecule has 0 saturated heterocycles. The standard InChI is InChI=1S/C15H23NO3/c1-12-5-6-14(13(2)11-12)19-10-7-15(17)16-8-4-9-18-3/h5-6,11H,4,7-10H2,1-3H3,(H,16,17). The Morgan fingerprint density at radius 2 is 2.05 bits per heavy atom. The van der Waals surface area contributed by atoms with Crippen LogP contribution in [0.25, 0.3) is 0 Å². The maximum absolute atomic E-state index is 11.5. The topological polar surface area (TPSA) is 47.6 Å². The Kier molecular flexibility index (Phi) is 6.97. The lowest BCUT2D eigenvalue weighted by molar-refractivity contribution is -0.121. The number of hydrogen-bond donors (Lipinski definition) is 1. The average Bonchev–Trinajstić information content (AvgIpc) is 2.37. The highest BCUT2D eigenvalue weighted by Crippen LogP contribution is 2.18. The second-order valence-corrected chi connectivity index (χ2v) is 4.56. The first-order chi connectivity index (χ1) is 9.13. The zero-order valence-electron chi connectivity index (χ0n) is 12.0. The van der Waals surface area contributed by atoms with Crippen LogP contribution in [-0.2, 0) is 9.53 Å². The molecule has 0 spiro atoms. The van der Waals surface area contributed by atoms with Gasteiger partial charge in [-0.3, -0.25) is 4.79 Å². The summed E-state index contributed by atoms with van der Waals surface area (Å²) >= 11 is 0. The third-order valence-corrected chi connectivity index (χ3v) is 2.76. The van der Waals surface area contributed by atoms with Crippen molar-refractivity contribution in [3.8, 4) is 5.75 Å². The van der Waals surface area contributed by atoms with Crippen molar-refractivity contribution in [2.75, 3.05) is 26.9 Å². The number of amides is 1. The van der Waals surface area contributed by atoms with Crippen molar-refractivity contribution in [2.24, 2.45) is 0 Å². The van der Waals surface area contributed by atoms with Crippen LogP contribution in [0.15, 0.2) is 18.2 Å². The Balaban J connectivity index is 2.20. The molecule has 0 aromatic heterocycles. The summed E-state index contributed by atoms with van der Waals surface area (Å²) in [6.45, 7) is 5.77. The van der Waals surface area contributed by atoms with Crippen molar-refractivity contribution in [3.63, 3.8) is 0 Å². The summed E-state index contributed by atoms with van der Waals surface area (Å²) in [6, 6.07) is 6.02. The second-order valence-electron chi connectivity index (χ2n) is 4.56. The van der Waals surface area contributed by atoms with Gasteiger partial charge in [0.2, 0.25) is 5.91 Å². The Bertz CT molecular complexity index is 404. The van der Waals surface area contributed by atoms with Gasteiger partial charge in [-0.2, -0.15) is 0 Å². The van der Waals surface area contributed by atoms with E-state index in [2.05, 4.69) is 11.4 Å². The molecule has 0 radical (unpaired) electrons. The molecule has 0 aliphatic heterocycles. The normalized spacial score (nSPS) is 10.3. The summed E-state index contributed by atoms with van der Waals surface area (Å²) in [5, 5.41) is 2.83. The van der Waals surface area contributed by atoms with Gasteiger partial charge in [0.05, 0.1) is 13.0 Å². The molecule has 19 heavy (non-hydrogen) atoms. The third-order valence-electron chi connectivity index (χ3n) is 2.76. The van der Waals surface area contributed by atoms with E-state index in [1.807, 2.05) is 26.0 Å². The SMILES string of the molecule is COCCCNC(=O)CCOc1ccc(C)cc1C. The van der Waals surface area contributed by atoms with Gasteiger partial charge in [-0.25, -0.2) is 0 Å². The summed E-state index contributed by atoms with van der Waals surface area (Å²) in [7, 11) is 1.65. The number of methoxy groups -OCH3 is 1. The monoisotopic (exact) mass is 265 g/mol.